The van der Waals surface area contributed by atoms with Crippen LogP contribution < -0.4 is 10.0 Å². The van der Waals surface area contributed by atoms with E-state index in [0.29, 0.717) is 23.4 Å². The van der Waals surface area contributed by atoms with Gasteiger partial charge in [0.25, 0.3) is 10.0 Å². The van der Waals surface area contributed by atoms with E-state index >= 15 is 0 Å². The molecular formula is C14H16FN3O2S. The number of benzene rings is 1. The Kier molecular flexibility index (Phi) is 4.54. The van der Waals surface area contributed by atoms with Gasteiger partial charge in [0.1, 0.15) is 10.7 Å². The Hall–Kier alpha value is -1.99. The van der Waals surface area contributed by atoms with Crippen LogP contribution in [0.1, 0.15) is 11.1 Å². The van der Waals surface area contributed by atoms with E-state index in [9.17, 15) is 12.8 Å². The van der Waals surface area contributed by atoms with Gasteiger partial charge in [0.15, 0.2) is 0 Å². The fraction of sp³-hybridized carbons (Fsp3) is 0.214. The van der Waals surface area contributed by atoms with Crippen molar-refractivity contribution >= 4 is 15.7 Å². The average molecular weight is 309 g/mol. The monoisotopic (exact) mass is 309 g/mol. The Balaban J connectivity index is 2.34. The smallest absolute Gasteiger partial charge is 0.264 e. The number of aromatic nitrogens is 1. The van der Waals surface area contributed by atoms with Gasteiger partial charge in [0.2, 0.25) is 0 Å². The number of hydrogen-bond acceptors (Lipinski definition) is 4. The van der Waals surface area contributed by atoms with Crippen LogP contribution in [0, 0.1) is 12.7 Å². The number of halogens is 1. The van der Waals surface area contributed by atoms with Gasteiger partial charge in [0.05, 0.1) is 11.9 Å². The third-order valence-corrected chi connectivity index (χ3v) is 4.35. The van der Waals surface area contributed by atoms with Crippen molar-refractivity contribution in [2.45, 2.75) is 18.4 Å². The van der Waals surface area contributed by atoms with Crippen molar-refractivity contribution in [1.29, 1.82) is 0 Å². The summed E-state index contributed by atoms with van der Waals surface area (Å²) in [7, 11) is -2.25. The zero-order chi connectivity index (χ0) is 15.5. The second kappa shape index (κ2) is 6.19. The molecule has 0 radical (unpaired) electrons. The maximum atomic E-state index is 14.0. The summed E-state index contributed by atoms with van der Waals surface area (Å²) in [5, 5.41) is 2.88. The minimum Gasteiger partial charge on any atom is -0.316 e. The molecule has 0 saturated carbocycles. The second-order valence-corrected chi connectivity index (χ2v) is 6.24. The molecule has 0 fully saturated rings. The fourth-order valence-corrected chi connectivity index (χ4v) is 3.02. The third kappa shape index (κ3) is 3.56. The number of rotatable bonds is 5. The van der Waals surface area contributed by atoms with Gasteiger partial charge in [-0.3, -0.25) is 9.71 Å². The van der Waals surface area contributed by atoms with Crippen LogP contribution in [-0.4, -0.2) is 20.4 Å². The number of aryl methyl sites for hydroxylation is 1. The molecule has 0 saturated heterocycles. The van der Waals surface area contributed by atoms with Gasteiger partial charge in [-0.1, -0.05) is 6.07 Å². The Morgan fingerprint density at radius 1 is 1.29 bits per heavy atom. The van der Waals surface area contributed by atoms with Crippen LogP contribution in [0.3, 0.4) is 0 Å². The first kappa shape index (κ1) is 15.4. The summed E-state index contributed by atoms with van der Waals surface area (Å²) in [5.41, 5.74) is 1.71. The lowest BCUT2D eigenvalue weighted by molar-refractivity contribution is 0.568. The molecule has 1 aromatic carbocycles. The number of hydrogen-bond donors (Lipinski definition) is 2. The van der Waals surface area contributed by atoms with E-state index < -0.39 is 15.8 Å². The molecular weight excluding hydrogens is 293 g/mol. The molecule has 0 aliphatic carbocycles. The van der Waals surface area contributed by atoms with Gasteiger partial charge in [-0.15, -0.1) is 0 Å². The van der Waals surface area contributed by atoms with Gasteiger partial charge in [0, 0.05) is 12.7 Å². The Labute approximate surface area is 123 Å². The number of sulfonamides is 1. The average Bonchev–Trinajstić information content (AvgIpc) is 2.41. The summed E-state index contributed by atoms with van der Waals surface area (Å²) in [6.07, 6.45) is 2.94. The van der Waals surface area contributed by atoms with E-state index in [-0.39, 0.29) is 4.90 Å². The van der Waals surface area contributed by atoms with E-state index in [1.807, 2.05) is 0 Å². The van der Waals surface area contributed by atoms with Crippen molar-refractivity contribution in [3.8, 4) is 0 Å². The molecule has 0 atom stereocenters. The highest BCUT2D eigenvalue weighted by Gasteiger charge is 2.20. The predicted octanol–water partition coefficient (Wildman–Crippen LogP) is 2.05. The lowest BCUT2D eigenvalue weighted by Crippen LogP contribution is -2.16. The maximum Gasteiger partial charge on any atom is 0.264 e. The van der Waals surface area contributed by atoms with E-state index in [1.165, 1.54) is 18.3 Å². The largest absolute Gasteiger partial charge is 0.316 e. The van der Waals surface area contributed by atoms with E-state index in [1.54, 1.807) is 32.3 Å². The highest BCUT2D eigenvalue weighted by atomic mass is 32.2. The number of nitrogens with one attached hydrogen (secondary N) is 2. The minimum atomic E-state index is -3.98. The SMILES string of the molecule is CNCc1ccc(S(=O)(=O)Nc2cnccc2C)c(F)c1. The molecule has 5 nitrogen and oxygen atoms in total. The first-order valence-electron chi connectivity index (χ1n) is 6.30. The van der Waals surface area contributed by atoms with Crippen molar-refractivity contribution in [1.82, 2.24) is 10.3 Å². The van der Waals surface area contributed by atoms with Gasteiger partial charge in [-0.2, -0.15) is 0 Å². The van der Waals surface area contributed by atoms with Crippen LogP contribution in [0.25, 0.3) is 0 Å². The van der Waals surface area contributed by atoms with Crippen molar-refractivity contribution < 1.29 is 12.8 Å². The van der Waals surface area contributed by atoms with Crippen LogP contribution in [-0.2, 0) is 16.6 Å². The third-order valence-electron chi connectivity index (χ3n) is 2.95. The van der Waals surface area contributed by atoms with Gasteiger partial charge in [-0.25, -0.2) is 12.8 Å². The quantitative estimate of drug-likeness (QED) is 0.887. The molecule has 0 bridgehead atoms. The van der Waals surface area contributed by atoms with Crippen molar-refractivity contribution in [2.75, 3.05) is 11.8 Å². The highest BCUT2D eigenvalue weighted by Crippen LogP contribution is 2.21. The molecule has 2 rings (SSSR count). The highest BCUT2D eigenvalue weighted by molar-refractivity contribution is 7.92. The summed E-state index contributed by atoms with van der Waals surface area (Å²) in [6, 6.07) is 5.71. The molecule has 21 heavy (non-hydrogen) atoms. The van der Waals surface area contributed by atoms with Crippen LogP contribution in [0.5, 0.6) is 0 Å². The first-order valence-corrected chi connectivity index (χ1v) is 7.79. The second-order valence-electron chi connectivity index (χ2n) is 4.59. The number of pyridine rings is 1. The fourth-order valence-electron chi connectivity index (χ4n) is 1.85. The summed E-state index contributed by atoms with van der Waals surface area (Å²) < 4.78 is 40.9. The van der Waals surface area contributed by atoms with Gasteiger partial charge >= 0.3 is 0 Å². The van der Waals surface area contributed by atoms with Crippen LogP contribution in [0.2, 0.25) is 0 Å². The standard InChI is InChI=1S/C14H16FN3O2S/c1-10-5-6-17-9-13(10)18-21(19,20)14-4-3-11(8-16-2)7-12(14)15/h3-7,9,16,18H,8H2,1-2H3. The normalized spacial score (nSPS) is 11.4. The molecule has 7 heteroatoms. The molecule has 0 aliphatic rings. The summed E-state index contributed by atoms with van der Waals surface area (Å²) in [6.45, 7) is 2.21. The van der Waals surface area contributed by atoms with E-state index in [2.05, 4.69) is 15.0 Å². The van der Waals surface area contributed by atoms with Crippen LogP contribution in [0.15, 0.2) is 41.6 Å². The molecule has 2 N–H and O–H groups in total. The lowest BCUT2D eigenvalue weighted by Gasteiger charge is -2.11. The van der Waals surface area contributed by atoms with Gasteiger partial charge < -0.3 is 5.32 Å². The Bertz CT molecular complexity index is 748. The molecule has 1 aromatic heterocycles. The predicted molar refractivity (Wildman–Crippen MR) is 78.9 cm³/mol. The van der Waals surface area contributed by atoms with Gasteiger partial charge in [-0.05, 0) is 43.3 Å². The van der Waals surface area contributed by atoms with Crippen molar-refractivity contribution in [3.05, 3.63) is 53.6 Å². The molecule has 0 spiro atoms. The molecule has 112 valence electrons. The summed E-state index contributed by atoms with van der Waals surface area (Å²) in [4.78, 5) is 3.47. The van der Waals surface area contributed by atoms with E-state index in [0.717, 1.165) is 0 Å². The maximum absolute atomic E-state index is 14.0. The lowest BCUT2D eigenvalue weighted by atomic mass is 10.2. The molecule has 0 aliphatic heterocycles. The number of nitrogens with zero attached hydrogens (tertiary/aromatic N) is 1. The Morgan fingerprint density at radius 3 is 2.67 bits per heavy atom. The minimum absolute atomic E-state index is 0.330. The summed E-state index contributed by atoms with van der Waals surface area (Å²) >= 11 is 0. The zero-order valence-electron chi connectivity index (χ0n) is 11.7. The number of anilines is 1. The molecule has 0 unspecified atom stereocenters. The Morgan fingerprint density at radius 2 is 2.05 bits per heavy atom. The zero-order valence-corrected chi connectivity index (χ0v) is 12.5. The van der Waals surface area contributed by atoms with E-state index in [4.69, 9.17) is 0 Å². The van der Waals surface area contributed by atoms with Crippen LogP contribution in [0.4, 0.5) is 10.1 Å². The molecule has 1 heterocycles. The van der Waals surface area contributed by atoms with Crippen molar-refractivity contribution in [3.63, 3.8) is 0 Å². The van der Waals surface area contributed by atoms with Crippen molar-refractivity contribution in [2.24, 2.45) is 0 Å². The molecule has 0 amide bonds. The topological polar surface area (TPSA) is 71.1 Å². The molecule has 2 aromatic rings. The first-order chi connectivity index (χ1) is 9.94. The summed E-state index contributed by atoms with van der Waals surface area (Å²) in [5.74, 6) is -0.781. The van der Waals surface area contributed by atoms with Crippen LogP contribution >= 0.6 is 0 Å².